The summed E-state index contributed by atoms with van der Waals surface area (Å²) in [7, 11) is 1.65. The van der Waals surface area contributed by atoms with Crippen molar-refractivity contribution in [3.8, 4) is 0 Å². The molecule has 10 heteroatoms. The number of hydrogen-bond acceptors (Lipinski definition) is 8. The van der Waals surface area contributed by atoms with Crippen molar-refractivity contribution in [1.29, 1.82) is 0 Å². The van der Waals surface area contributed by atoms with E-state index in [0.29, 0.717) is 11.3 Å². The first-order valence-corrected chi connectivity index (χ1v) is 6.70. The summed E-state index contributed by atoms with van der Waals surface area (Å²) in [5.41, 5.74) is 4.92. The molecule has 9 nitrogen and oxygen atoms in total. The number of fused-ring (bicyclic) bond motifs is 1. The molecule has 0 spiro atoms. The highest BCUT2D eigenvalue weighted by atomic mass is 19.1. The summed E-state index contributed by atoms with van der Waals surface area (Å²) in [6.45, 7) is 0.919. The summed E-state index contributed by atoms with van der Waals surface area (Å²) in [5.74, 6) is 0.401. The molecule has 120 valence electrons. The molecule has 0 radical (unpaired) electrons. The molecule has 2 aromatic heterocycles. The van der Waals surface area contributed by atoms with Crippen molar-refractivity contribution in [2.75, 3.05) is 24.7 Å². The molecule has 1 fully saturated rings. The zero-order valence-electron chi connectivity index (χ0n) is 12.1. The van der Waals surface area contributed by atoms with E-state index in [4.69, 9.17) is 10.5 Å². The highest BCUT2D eigenvalue weighted by Crippen LogP contribution is 2.40. The second kappa shape index (κ2) is 5.00. The van der Waals surface area contributed by atoms with Gasteiger partial charge in [-0.1, -0.05) is 0 Å². The summed E-state index contributed by atoms with van der Waals surface area (Å²) in [6, 6.07) is 0. The highest BCUT2D eigenvalue weighted by molar-refractivity contribution is 5.84. The van der Waals surface area contributed by atoms with Gasteiger partial charge in [-0.05, 0) is 6.92 Å². The number of aliphatic hydroxyl groups is 2. The fourth-order valence-electron chi connectivity index (χ4n) is 2.54. The van der Waals surface area contributed by atoms with Crippen molar-refractivity contribution >= 4 is 22.9 Å². The van der Waals surface area contributed by atoms with Gasteiger partial charge in [0.2, 0.25) is 5.95 Å². The standard InChI is InChI=1S/C12H17FN6O3/c1-12(3-20)7(21)5(13)10(22-12)19-4-16-6-8(15-2)17-11(14)18-9(6)19/h4-5,7,10,20-21H,3H2,1-2H3,(H3,14,15,17,18)/t5-,7-,10+,12+/m0/s1. The van der Waals surface area contributed by atoms with Crippen LogP contribution in [0.2, 0.25) is 0 Å². The lowest BCUT2D eigenvalue weighted by Gasteiger charge is -2.24. The van der Waals surface area contributed by atoms with E-state index in [1.807, 2.05) is 0 Å². The molecule has 0 amide bonds. The Morgan fingerprint density at radius 3 is 2.86 bits per heavy atom. The Morgan fingerprint density at radius 2 is 2.27 bits per heavy atom. The average Bonchev–Trinajstić information content (AvgIpc) is 3.01. The van der Waals surface area contributed by atoms with Gasteiger partial charge in [-0.2, -0.15) is 9.97 Å². The third-order valence-corrected chi connectivity index (χ3v) is 3.85. The van der Waals surface area contributed by atoms with E-state index in [9.17, 15) is 14.6 Å². The molecule has 0 saturated carbocycles. The number of nitrogens with zero attached hydrogens (tertiary/aromatic N) is 4. The maximum Gasteiger partial charge on any atom is 0.224 e. The molecule has 0 unspecified atom stereocenters. The van der Waals surface area contributed by atoms with Crippen molar-refractivity contribution in [2.45, 2.75) is 31.0 Å². The SMILES string of the molecule is CNc1nc(N)nc2c1ncn2[C@@H]1O[C@](C)(CO)[C@@H](O)[C@@H]1F. The summed E-state index contributed by atoms with van der Waals surface area (Å²) in [4.78, 5) is 12.2. The van der Waals surface area contributed by atoms with E-state index >= 15 is 0 Å². The van der Waals surface area contributed by atoms with Crippen molar-refractivity contribution in [3.05, 3.63) is 6.33 Å². The number of ether oxygens (including phenoxy) is 1. The van der Waals surface area contributed by atoms with E-state index in [2.05, 4.69) is 20.3 Å². The molecule has 0 bridgehead atoms. The Morgan fingerprint density at radius 1 is 1.55 bits per heavy atom. The minimum Gasteiger partial charge on any atom is -0.393 e. The van der Waals surface area contributed by atoms with Gasteiger partial charge < -0.3 is 26.0 Å². The van der Waals surface area contributed by atoms with Crippen molar-refractivity contribution in [1.82, 2.24) is 19.5 Å². The molecular formula is C12H17FN6O3. The third kappa shape index (κ3) is 1.99. The maximum atomic E-state index is 14.4. The van der Waals surface area contributed by atoms with E-state index < -0.39 is 30.7 Å². The second-order valence-corrected chi connectivity index (χ2v) is 5.37. The van der Waals surface area contributed by atoms with Gasteiger partial charge >= 0.3 is 0 Å². The molecule has 3 heterocycles. The van der Waals surface area contributed by atoms with E-state index in [1.54, 1.807) is 7.05 Å². The van der Waals surface area contributed by atoms with Crippen LogP contribution < -0.4 is 11.1 Å². The maximum absolute atomic E-state index is 14.4. The van der Waals surface area contributed by atoms with Crippen LogP contribution in [-0.4, -0.2) is 61.3 Å². The van der Waals surface area contributed by atoms with Crippen LogP contribution in [-0.2, 0) is 4.74 Å². The van der Waals surface area contributed by atoms with E-state index in [-0.39, 0.29) is 11.6 Å². The predicted octanol–water partition coefficient (Wildman–Crippen LogP) is -0.571. The minimum absolute atomic E-state index is 0.00234. The molecule has 1 aliphatic rings. The van der Waals surface area contributed by atoms with Gasteiger partial charge in [-0.3, -0.25) is 4.57 Å². The number of halogens is 1. The second-order valence-electron chi connectivity index (χ2n) is 5.37. The van der Waals surface area contributed by atoms with Crippen LogP contribution >= 0.6 is 0 Å². The Bertz CT molecular complexity index is 709. The van der Waals surface area contributed by atoms with Crippen LogP contribution in [0.25, 0.3) is 11.2 Å². The third-order valence-electron chi connectivity index (χ3n) is 3.85. The number of aromatic nitrogens is 4. The normalized spacial score (nSPS) is 31.8. The van der Waals surface area contributed by atoms with Gasteiger partial charge in [0.1, 0.15) is 11.7 Å². The largest absolute Gasteiger partial charge is 0.393 e. The zero-order valence-corrected chi connectivity index (χ0v) is 12.1. The number of imidazole rings is 1. The summed E-state index contributed by atoms with van der Waals surface area (Å²) in [5, 5.41) is 22.1. The Hall–Kier alpha value is -2.04. The molecule has 0 aromatic carbocycles. The first-order valence-electron chi connectivity index (χ1n) is 6.70. The van der Waals surface area contributed by atoms with Crippen molar-refractivity contribution in [3.63, 3.8) is 0 Å². The lowest BCUT2D eigenvalue weighted by atomic mass is 9.99. The van der Waals surface area contributed by atoms with Gasteiger partial charge in [-0.15, -0.1) is 0 Å². The average molecular weight is 312 g/mol. The number of hydrogen-bond donors (Lipinski definition) is 4. The summed E-state index contributed by atoms with van der Waals surface area (Å²) >= 11 is 0. The lowest BCUT2D eigenvalue weighted by Crippen LogP contribution is -2.42. The number of nitrogen functional groups attached to an aromatic ring is 1. The molecule has 3 rings (SSSR count). The quantitative estimate of drug-likeness (QED) is 0.592. The minimum atomic E-state index is -1.75. The first-order chi connectivity index (χ1) is 10.4. The highest BCUT2D eigenvalue weighted by Gasteiger charge is 2.53. The number of nitrogens with two attached hydrogens (primary N) is 1. The number of alkyl halides is 1. The molecule has 0 aliphatic carbocycles. The number of nitrogens with one attached hydrogen (secondary N) is 1. The molecule has 22 heavy (non-hydrogen) atoms. The first kappa shape index (κ1) is 14.9. The predicted molar refractivity (Wildman–Crippen MR) is 75.8 cm³/mol. The number of anilines is 2. The van der Waals surface area contributed by atoms with E-state index in [0.717, 1.165) is 0 Å². The summed E-state index contributed by atoms with van der Waals surface area (Å²) < 4.78 is 21.3. The topological polar surface area (TPSA) is 131 Å². The number of aliphatic hydroxyl groups excluding tert-OH is 2. The molecule has 4 atom stereocenters. The smallest absolute Gasteiger partial charge is 0.224 e. The lowest BCUT2D eigenvalue weighted by molar-refractivity contribution is -0.115. The van der Waals surface area contributed by atoms with Crippen LogP contribution in [0, 0.1) is 0 Å². The van der Waals surface area contributed by atoms with Crippen molar-refractivity contribution < 1.29 is 19.3 Å². The van der Waals surface area contributed by atoms with Crippen LogP contribution in [0.4, 0.5) is 16.2 Å². The van der Waals surface area contributed by atoms with Crippen LogP contribution in [0.5, 0.6) is 0 Å². The van der Waals surface area contributed by atoms with Gasteiger partial charge in [0.05, 0.1) is 12.9 Å². The monoisotopic (exact) mass is 312 g/mol. The van der Waals surface area contributed by atoms with Crippen molar-refractivity contribution in [2.24, 2.45) is 0 Å². The van der Waals surface area contributed by atoms with Crippen LogP contribution in [0.15, 0.2) is 6.33 Å². The Labute approximate surface area is 124 Å². The van der Waals surface area contributed by atoms with Gasteiger partial charge in [0.25, 0.3) is 0 Å². The Kier molecular flexibility index (Phi) is 3.38. The van der Waals surface area contributed by atoms with Gasteiger partial charge in [0.15, 0.2) is 29.4 Å². The summed E-state index contributed by atoms with van der Waals surface area (Å²) in [6.07, 6.45) is -3.05. The van der Waals surface area contributed by atoms with Gasteiger partial charge in [0, 0.05) is 7.05 Å². The Balaban J connectivity index is 2.10. The fraction of sp³-hybridized carbons (Fsp3) is 0.583. The van der Waals surface area contributed by atoms with Crippen LogP contribution in [0.1, 0.15) is 13.2 Å². The zero-order chi connectivity index (χ0) is 16.1. The molecule has 1 saturated heterocycles. The number of rotatable bonds is 3. The van der Waals surface area contributed by atoms with Crippen LogP contribution in [0.3, 0.4) is 0 Å². The van der Waals surface area contributed by atoms with Gasteiger partial charge in [-0.25, -0.2) is 9.37 Å². The fourth-order valence-corrected chi connectivity index (χ4v) is 2.54. The molecule has 1 aliphatic heterocycles. The molecule has 5 N–H and O–H groups in total. The molecule has 2 aromatic rings. The van der Waals surface area contributed by atoms with E-state index in [1.165, 1.54) is 17.8 Å². The molecular weight excluding hydrogens is 295 g/mol.